The van der Waals surface area contributed by atoms with Gasteiger partial charge in [-0.15, -0.1) is 6.58 Å². The van der Waals surface area contributed by atoms with E-state index in [9.17, 15) is 9.59 Å². The maximum atomic E-state index is 13.2. The fourth-order valence-electron chi connectivity index (χ4n) is 4.02. The Balaban J connectivity index is 2.46. The van der Waals surface area contributed by atoms with Crippen molar-refractivity contribution in [1.82, 2.24) is 9.47 Å². The monoisotopic (exact) mass is 346 g/mol. The number of likely N-dealkylation sites (tertiary alicyclic amines) is 1. The number of ether oxygens (including phenoxy) is 1. The molecule has 1 aliphatic heterocycles. The Hall–Kier alpha value is -2.04. The molecule has 2 rings (SSSR count). The SMILES string of the molecule is C=CCn1c(C)c(C(=O)N2CC(C)CC(C)C2)c(C)c1C(=O)OCC. The molecule has 1 saturated heterocycles. The number of allylic oxidation sites excluding steroid dienone is 1. The standard InChI is InChI=1S/C20H30N2O3/c1-7-9-22-16(6)17(15(5)18(22)20(24)25-8-2)19(23)21-11-13(3)10-14(4)12-21/h7,13-14H,1,8-12H2,2-6H3. The van der Waals surface area contributed by atoms with Crippen molar-refractivity contribution < 1.29 is 14.3 Å². The van der Waals surface area contributed by atoms with Crippen molar-refractivity contribution in [3.8, 4) is 0 Å². The van der Waals surface area contributed by atoms with Gasteiger partial charge in [0.15, 0.2) is 0 Å². The van der Waals surface area contributed by atoms with E-state index in [1.54, 1.807) is 13.0 Å². The zero-order chi connectivity index (χ0) is 18.7. The zero-order valence-electron chi connectivity index (χ0n) is 16.1. The molecule has 0 radical (unpaired) electrons. The van der Waals surface area contributed by atoms with Crippen molar-refractivity contribution in [3.63, 3.8) is 0 Å². The van der Waals surface area contributed by atoms with E-state index in [0.29, 0.717) is 41.8 Å². The molecule has 1 aromatic heterocycles. The molecule has 138 valence electrons. The van der Waals surface area contributed by atoms with Crippen molar-refractivity contribution in [2.45, 2.75) is 47.6 Å². The molecule has 5 heteroatoms. The molecule has 1 aromatic rings. The van der Waals surface area contributed by atoms with E-state index in [2.05, 4.69) is 20.4 Å². The van der Waals surface area contributed by atoms with E-state index in [1.165, 1.54) is 0 Å². The minimum Gasteiger partial charge on any atom is -0.461 e. The second-order valence-corrected chi connectivity index (χ2v) is 7.21. The normalized spacial score (nSPS) is 20.4. The minimum absolute atomic E-state index is 0.0155. The molecule has 0 spiro atoms. The van der Waals surface area contributed by atoms with E-state index < -0.39 is 0 Å². The average Bonchev–Trinajstić information content (AvgIpc) is 2.77. The Labute approximate surface area is 150 Å². The molecule has 2 atom stereocenters. The van der Waals surface area contributed by atoms with Gasteiger partial charge in [0.2, 0.25) is 0 Å². The van der Waals surface area contributed by atoms with E-state index in [-0.39, 0.29) is 11.9 Å². The van der Waals surface area contributed by atoms with E-state index in [0.717, 1.165) is 25.2 Å². The lowest BCUT2D eigenvalue weighted by Gasteiger charge is -2.35. The fraction of sp³-hybridized carbons (Fsp3) is 0.600. The molecule has 0 saturated carbocycles. The summed E-state index contributed by atoms with van der Waals surface area (Å²) in [7, 11) is 0. The van der Waals surface area contributed by atoms with Gasteiger partial charge < -0.3 is 14.2 Å². The van der Waals surface area contributed by atoms with Crippen molar-refractivity contribution >= 4 is 11.9 Å². The van der Waals surface area contributed by atoms with Gasteiger partial charge in [0, 0.05) is 25.3 Å². The number of piperidine rings is 1. The summed E-state index contributed by atoms with van der Waals surface area (Å²) in [4.78, 5) is 27.6. The summed E-state index contributed by atoms with van der Waals surface area (Å²) >= 11 is 0. The number of carbonyl (C=O) groups excluding carboxylic acids is 2. The van der Waals surface area contributed by atoms with Gasteiger partial charge in [-0.25, -0.2) is 4.79 Å². The van der Waals surface area contributed by atoms with Crippen LogP contribution in [0.25, 0.3) is 0 Å². The molecular weight excluding hydrogens is 316 g/mol. The molecule has 2 unspecified atom stereocenters. The molecule has 0 bridgehead atoms. The predicted molar refractivity (Wildman–Crippen MR) is 98.9 cm³/mol. The first-order chi connectivity index (χ1) is 11.8. The first-order valence-corrected chi connectivity index (χ1v) is 9.08. The Morgan fingerprint density at radius 3 is 2.36 bits per heavy atom. The molecule has 1 fully saturated rings. The number of carbonyl (C=O) groups is 2. The third-order valence-electron chi connectivity index (χ3n) is 4.92. The van der Waals surface area contributed by atoms with Gasteiger partial charge >= 0.3 is 5.97 Å². The first-order valence-electron chi connectivity index (χ1n) is 9.08. The van der Waals surface area contributed by atoms with Crippen molar-refractivity contribution in [1.29, 1.82) is 0 Å². The smallest absolute Gasteiger partial charge is 0.355 e. The van der Waals surface area contributed by atoms with Gasteiger partial charge in [-0.3, -0.25) is 4.79 Å². The number of aromatic nitrogens is 1. The Bertz CT molecular complexity index is 665. The third-order valence-corrected chi connectivity index (χ3v) is 4.92. The summed E-state index contributed by atoms with van der Waals surface area (Å²) < 4.78 is 7.04. The van der Waals surface area contributed by atoms with Crippen LogP contribution in [-0.4, -0.2) is 41.0 Å². The molecule has 1 aliphatic rings. The van der Waals surface area contributed by atoms with Crippen LogP contribution in [0.4, 0.5) is 0 Å². The first kappa shape index (κ1) is 19.3. The molecule has 1 amide bonds. The summed E-state index contributed by atoms with van der Waals surface area (Å²) in [6.45, 7) is 16.0. The molecular formula is C20H30N2O3. The molecule has 25 heavy (non-hydrogen) atoms. The Morgan fingerprint density at radius 1 is 1.24 bits per heavy atom. The summed E-state index contributed by atoms with van der Waals surface area (Å²) in [5, 5.41) is 0. The highest BCUT2D eigenvalue weighted by atomic mass is 16.5. The van der Waals surface area contributed by atoms with Crippen LogP contribution in [0.15, 0.2) is 12.7 Å². The Kier molecular flexibility index (Phi) is 6.09. The third kappa shape index (κ3) is 3.80. The number of amides is 1. The van der Waals surface area contributed by atoms with E-state index in [4.69, 9.17) is 4.74 Å². The average molecular weight is 346 g/mol. The second-order valence-electron chi connectivity index (χ2n) is 7.21. The molecule has 2 heterocycles. The topological polar surface area (TPSA) is 51.5 Å². The number of nitrogens with zero attached hydrogens (tertiary/aromatic N) is 2. The van der Waals surface area contributed by atoms with Crippen LogP contribution in [0.3, 0.4) is 0 Å². The maximum absolute atomic E-state index is 13.2. The van der Waals surface area contributed by atoms with Crippen LogP contribution in [0.5, 0.6) is 0 Å². The van der Waals surface area contributed by atoms with Crippen LogP contribution >= 0.6 is 0 Å². The van der Waals surface area contributed by atoms with E-state index in [1.807, 2.05) is 23.3 Å². The lowest BCUT2D eigenvalue weighted by molar-refractivity contribution is 0.0513. The lowest BCUT2D eigenvalue weighted by atomic mass is 9.91. The zero-order valence-corrected chi connectivity index (χ0v) is 16.1. The van der Waals surface area contributed by atoms with Crippen molar-refractivity contribution in [2.75, 3.05) is 19.7 Å². The second kappa shape index (κ2) is 7.89. The van der Waals surface area contributed by atoms with Gasteiger partial charge in [-0.1, -0.05) is 19.9 Å². The van der Waals surface area contributed by atoms with Crippen molar-refractivity contribution in [3.05, 3.63) is 35.2 Å². The predicted octanol–water partition coefficient (Wildman–Crippen LogP) is 3.59. The number of esters is 1. The van der Waals surface area contributed by atoms with Crippen LogP contribution < -0.4 is 0 Å². The van der Waals surface area contributed by atoms with Gasteiger partial charge in [0.1, 0.15) is 5.69 Å². The Morgan fingerprint density at radius 2 is 1.84 bits per heavy atom. The number of hydrogen-bond donors (Lipinski definition) is 0. The van der Waals surface area contributed by atoms with E-state index >= 15 is 0 Å². The fourth-order valence-corrected chi connectivity index (χ4v) is 4.02. The summed E-state index contributed by atoms with van der Waals surface area (Å²) in [5.41, 5.74) is 2.59. The van der Waals surface area contributed by atoms with Gasteiger partial charge in [-0.05, 0) is 44.6 Å². The van der Waals surface area contributed by atoms with Crippen LogP contribution in [0.2, 0.25) is 0 Å². The molecule has 5 nitrogen and oxygen atoms in total. The van der Waals surface area contributed by atoms with Crippen LogP contribution in [-0.2, 0) is 11.3 Å². The quantitative estimate of drug-likeness (QED) is 0.605. The minimum atomic E-state index is -0.385. The van der Waals surface area contributed by atoms with Crippen LogP contribution in [0, 0.1) is 25.7 Å². The highest BCUT2D eigenvalue weighted by Crippen LogP contribution is 2.28. The summed E-state index contributed by atoms with van der Waals surface area (Å²) in [6, 6.07) is 0. The van der Waals surface area contributed by atoms with Gasteiger partial charge in [0.05, 0.1) is 12.2 Å². The van der Waals surface area contributed by atoms with Crippen molar-refractivity contribution in [2.24, 2.45) is 11.8 Å². The number of hydrogen-bond acceptors (Lipinski definition) is 3. The highest BCUT2D eigenvalue weighted by molar-refractivity contribution is 6.01. The van der Waals surface area contributed by atoms with Gasteiger partial charge in [-0.2, -0.15) is 0 Å². The highest BCUT2D eigenvalue weighted by Gasteiger charge is 2.32. The number of rotatable bonds is 5. The molecule has 0 N–H and O–H groups in total. The largest absolute Gasteiger partial charge is 0.461 e. The van der Waals surface area contributed by atoms with Crippen LogP contribution in [0.1, 0.15) is 59.3 Å². The summed E-state index contributed by atoms with van der Waals surface area (Å²) in [5.74, 6) is 0.618. The summed E-state index contributed by atoms with van der Waals surface area (Å²) in [6.07, 6.45) is 2.88. The molecule has 0 aliphatic carbocycles. The molecule has 0 aromatic carbocycles. The maximum Gasteiger partial charge on any atom is 0.355 e. The lowest BCUT2D eigenvalue weighted by Crippen LogP contribution is -2.42. The van der Waals surface area contributed by atoms with Gasteiger partial charge in [0.25, 0.3) is 5.91 Å².